The molecule has 0 N–H and O–H groups in total. The lowest BCUT2D eigenvalue weighted by molar-refractivity contribution is 0.170. The molecular formula is C12H13NO3. The van der Waals surface area contributed by atoms with Crippen LogP contribution in [0.5, 0.6) is 11.5 Å². The van der Waals surface area contributed by atoms with Gasteiger partial charge in [-0.15, -0.1) is 0 Å². The van der Waals surface area contributed by atoms with Crippen LogP contribution < -0.4 is 9.47 Å². The molecular weight excluding hydrogens is 206 g/mol. The van der Waals surface area contributed by atoms with Gasteiger partial charge in [-0.05, 0) is 36.6 Å². The maximum absolute atomic E-state index is 10.1. The van der Waals surface area contributed by atoms with Crippen molar-refractivity contribution >= 4 is 6.08 Å². The van der Waals surface area contributed by atoms with Crippen LogP contribution in [0.25, 0.3) is 0 Å². The maximum atomic E-state index is 10.1. The lowest BCUT2D eigenvalue weighted by Gasteiger charge is -2.22. The van der Waals surface area contributed by atoms with E-state index in [4.69, 9.17) is 9.47 Å². The average molecular weight is 219 g/mol. The van der Waals surface area contributed by atoms with E-state index in [-0.39, 0.29) is 0 Å². The van der Waals surface area contributed by atoms with E-state index < -0.39 is 0 Å². The molecule has 0 saturated heterocycles. The van der Waals surface area contributed by atoms with E-state index >= 15 is 0 Å². The van der Waals surface area contributed by atoms with Crippen LogP contribution >= 0.6 is 0 Å². The van der Waals surface area contributed by atoms with Gasteiger partial charge in [0.05, 0.1) is 6.54 Å². The third-order valence-electron chi connectivity index (χ3n) is 2.82. The van der Waals surface area contributed by atoms with Crippen LogP contribution in [0.3, 0.4) is 0 Å². The number of hydrogen-bond donors (Lipinski definition) is 0. The smallest absolute Gasteiger partial charge is 0.235 e. The number of benzene rings is 1. The molecule has 1 heterocycles. The Morgan fingerprint density at radius 3 is 2.81 bits per heavy atom. The number of hydrogen-bond acceptors (Lipinski definition) is 4. The van der Waals surface area contributed by atoms with Crippen LogP contribution in [0.4, 0.5) is 0 Å². The number of isocyanates is 1. The summed E-state index contributed by atoms with van der Waals surface area (Å²) in [5, 5.41) is 0. The second-order valence-corrected chi connectivity index (χ2v) is 3.72. The lowest BCUT2D eigenvalue weighted by atomic mass is 10.0. The van der Waals surface area contributed by atoms with Gasteiger partial charge in [0.2, 0.25) is 6.08 Å². The highest BCUT2D eigenvalue weighted by Gasteiger charge is 2.18. The molecule has 84 valence electrons. The molecule has 0 atom stereocenters. The molecule has 0 amide bonds. The van der Waals surface area contributed by atoms with E-state index in [9.17, 15) is 4.79 Å². The molecule has 4 nitrogen and oxygen atoms in total. The molecule has 2 rings (SSSR count). The second-order valence-electron chi connectivity index (χ2n) is 3.72. The Kier molecular flexibility index (Phi) is 2.93. The van der Waals surface area contributed by atoms with Gasteiger partial charge >= 0.3 is 0 Å². The van der Waals surface area contributed by atoms with Crippen molar-refractivity contribution < 1.29 is 14.3 Å². The van der Waals surface area contributed by atoms with Crippen LogP contribution in [0.15, 0.2) is 11.1 Å². The van der Waals surface area contributed by atoms with Crippen LogP contribution in [0.1, 0.15) is 16.7 Å². The molecule has 4 heteroatoms. The van der Waals surface area contributed by atoms with Gasteiger partial charge in [-0.1, -0.05) is 0 Å². The monoisotopic (exact) mass is 219 g/mol. The zero-order valence-corrected chi connectivity index (χ0v) is 9.37. The van der Waals surface area contributed by atoms with Gasteiger partial charge in [0, 0.05) is 0 Å². The third-order valence-corrected chi connectivity index (χ3v) is 2.82. The number of carbonyl (C=O) groups excluding carboxylic acids is 1. The minimum atomic E-state index is 0.340. The van der Waals surface area contributed by atoms with Gasteiger partial charge in [0.25, 0.3) is 0 Å². The predicted molar refractivity (Wildman–Crippen MR) is 58.7 cm³/mol. The van der Waals surface area contributed by atoms with Gasteiger partial charge < -0.3 is 9.47 Å². The first kappa shape index (κ1) is 10.7. The topological polar surface area (TPSA) is 47.9 Å². The summed E-state index contributed by atoms with van der Waals surface area (Å²) >= 11 is 0. The van der Waals surface area contributed by atoms with Gasteiger partial charge in [0.1, 0.15) is 13.2 Å². The minimum Gasteiger partial charge on any atom is -0.486 e. The normalized spacial score (nSPS) is 13.1. The fourth-order valence-electron chi connectivity index (χ4n) is 1.79. The standard InChI is InChI=1S/C12H13NO3/c1-8-9(2)12-11(15-3-4-16-12)5-10(8)6-13-7-14/h5H,3-4,6H2,1-2H3. The molecule has 0 aromatic heterocycles. The van der Waals surface area contributed by atoms with Crippen molar-refractivity contribution in [3.8, 4) is 11.5 Å². The third kappa shape index (κ3) is 1.79. The largest absolute Gasteiger partial charge is 0.486 e. The number of nitrogens with zero attached hydrogens (tertiary/aromatic N) is 1. The van der Waals surface area contributed by atoms with Crippen LogP contribution in [0, 0.1) is 13.8 Å². The van der Waals surface area contributed by atoms with Crippen molar-refractivity contribution in [2.45, 2.75) is 20.4 Å². The molecule has 1 aliphatic rings. The van der Waals surface area contributed by atoms with Crippen molar-refractivity contribution in [3.63, 3.8) is 0 Å². The fraction of sp³-hybridized carbons (Fsp3) is 0.417. The van der Waals surface area contributed by atoms with Crippen molar-refractivity contribution in [1.82, 2.24) is 0 Å². The Morgan fingerprint density at radius 1 is 1.31 bits per heavy atom. The van der Waals surface area contributed by atoms with Crippen molar-refractivity contribution in [1.29, 1.82) is 0 Å². The first-order valence-electron chi connectivity index (χ1n) is 5.16. The Bertz CT molecular complexity index is 462. The summed E-state index contributed by atoms with van der Waals surface area (Å²) in [5.41, 5.74) is 3.11. The number of fused-ring (bicyclic) bond motifs is 1. The van der Waals surface area contributed by atoms with E-state index in [2.05, 4.69) is 4.99 Å². The van der Waals surface area contributed by atoms with Crippen LogP contribution in [-0.4, -0.2) is 19.3 Å². The molecule has 0 saturated carbocycles. The zero-order chi connectivity index (χ0) is 11.5. The predicted octanol–water partition coefficient (Wildman–Crippen LogP) is 1.91. The first-order valence-corrected chi connectivity index (χ1v) is 5.16. The SMILES string of the molecule is Cc1c(CN=C=O)cc2c(c1C)OCCO2. The second kappa shape index (κ2) is 4.37. The highest BCUT2D eigenvalue weighted by Crippen LogP contribution is 2.37. The lowest BCUT2D eigenvalue weighted by Crippen LogP contribution is -2.17. The first-order chi connectivity index (χ1) is 7.74. The molecule has 0 fully saturated rings. The summed E-state index contributed by atoms with van der Waals surface area (Å²) in [6.45, 7) is 5.46. The molecule has 0 bridgehead atoms. The van der Waals surface area contributed by atoms with Crippen LogP contribution in [0.2, 0.25) is 0 Å². The highest BCUT2D eigenvalue weighted by atomic mass is 16.6. The van der Waals surface area contributed by atoms with Gasteiger partial charge in [-0.2, -0.15) is 0 Å². The maximum Gasteiger partial charge on any atom is 0.235 e. The van der Waals surface area contributed by atoms with E-state index in [1.807, 2.05) is 19.9 Å². The van der Waals surface area contributed by atoms with Gasteiger partial charge in [-0.25, -0.2) is 9.79 Å². The molecule has 0 aliphatic carbocycles. The van der Waals surface area contributed by atoms with Crippen molar-refractivity contribution in [2.24, 2.45) is 4.99 Å². The molecule has 0 unspecified atom stereocenters. The Balaban J connectivity index is 2.47. The van der Waals surface area contributed by atoms with E-state index in [1.165, 1.54) is 0 Å². The van der Waals surface area contributed by atoms with E-state index in [0.717, 1.165) is 28.2 Å². The summed E-state index contributed by atoms with van der Waals surface area (Å²) in [5.74, 6) is 1.55. The summed E-state index contributed by atoms with van der Waals surface area (Å²) in [6, 6.07) is 1.89. The fourth-order valence-corrected chi connectivity index (χ4v) is 1.79. The quantitative estimate of drug-likeness (QED) is 0.564. The Labute approximate surface area is 93.9 Å². The minimum absolute atomic E-state index is 0.340. The van der Waals surface area contributed by atoms with E-state index in [1.54, 1.807) is 6.08 Å². The van der Waals surface area contributed by atoms with Crippen molar-refractivity contribution in [2.75, 3.05) is 13.2 Å². The number of ether oxygens (including phenoxy) is 2. The van der Waals surface area contributed by atoms with Gasteiger partial charge in [-0.3, -0.25) is 0 Å². The summed E-state index contributed by atoms with van der Waals surface area (Å²) in [7, 11) is 0. The van der Waals surface area contributed by atoms with Crippen LogP contribution in [-0.2, 0) is 11.3 Å². The zero-order valence-electron chi connectivity index (χ0n) is 9.37. The average Bonchev–Trinajstić information content (AvgIpc) is 2.32. The summed E-state index contributed by atoms with van der Waals surface area (Å²) in [6.07, 6.45) is 1.55. The van der Waals surface area contributed by atoms with E-state index in [0.29, 0.717) is 19.8 Å². The molecule has 0 radical (unpaired) electrons. The Hall–Kier alpha value is -1.80. The molecule has 16 heavy (non-hydrogen) atoms. The number of aliphatic imine (C=N–C) groups is 1. The summed E-state index contributed by atoms with van der Waals surface area (Å²) < 4.78 is 11.1. The van der Waals surface area contributed by atoms with Crippen molar-refractivity contribution in [3.05, 3.63) is 22.8 Å². The van der Waals surface area contributed by atoms with Gasteiger partial charge in [0.15, 0.2) is 11.5 Å². The molecule has 1 aliphatic heterocycles. The molecule has 0 spiro atoms. The highest BCUT2D eigenvalue weighted by molar-refractivity contribution is 5.54. The molecule has 1 aromatic rings. The number of rotatable bonds is 2. The summed E-state index contributed by atoms with van der Waals surface area (Å²) in [4.78, 5) is 13.7. The molecule has 1 aromatic carbocycles. The Morgan fingerprint density at radius 2 is 2.06 bits per heavy atom.